The molecule has 4 nitrogen and oxygen atoms in total. The van der Waals surface area contributed by atoms with Gasteiger partial charge in [-0.15, -0.1) is 11.3 Å². The molecule has 2 heterocycles. The van der Waals surface area contributed by atoms with Gasteiger partial charge in [-0.25, -0.2) is 0 Å². The van der Waals surface area contributed by atoms with Crippen LogP contribution < -0.4 is 5.43 Å². The first-order valence-electron chi connectivity index (χ1n) is 7.23. The Kier molecular flexibility index (Phi) is 2.75. The standard InChI is InChI=1S/C18H13NO3S/c1-8-4-5-12-10(6-8)15(20)13-9(2)7-11-14(16(13)23-12)18(22)19(3)17(11)21/h4-7H,1-3H3. The second-order valence-corrected chi connectivity index (χ2v) is 6.97. The van der Waals surface area contributed by atoms with Gasteiger partial charge in [0.15, 0.2) is 5.43 Å². The lowest BCUT2D eigenvalue weighted by molar-refractivity contribution is 0.0693. The summed E-state index contributed by atoms with van der Waals surface area (Å²) in [5.74, 6) is -0.643. The highest BCUT2D eigenvalue weighted by Gasteiger charge is 2.35. The first-order valence-corrected chi connectivity index (χ1v) is 8.05. The largest absolute Gasteiger partial charge is 0.288 e. The number of imide groups is 1. The van der Waals surface area contributed by atoms with E-state index in [1.54, 1.807) is 6.07 Å². The number of fused-ring (bicyclic) bond motifs is 4. The lowest BCUT2D eigenvalue weighted by Gasteiger charge is -2.08. The van der Waals surface area contributed by atoms with Gasteiger partial charge in [0.05, 0.1) is 15.8 Å². The molecule has 0 saturated carbocycles. The fraction of sp³-hybridized carbons (Fsp3) is 0.167. The summed E-state index contributed by atoms with van der Waals surface area (Å²) < 4.78 is 1.44. The molecule has 0 saturated heterocycles. The van der Waals surface area contributed by atoms with E-state index >= 15 is 0 Å². The van der Waals surface area contributed by atoms with Crippen LogP contribution in [0.25, 0.3) is 20.2 Å². The van der Waals surface area contributed by atoms with Crippen molar-refractivity contribution in [2.45, 2.75) is 13.8 Å². The van der Waals surface area contributed by atoms with Crippen molar-refractivity contribution < 1.29 is 9.59 Å². The van der Waals surface area contributed by atoms with Gasteiger partial charge in [0, 0.05) is 22.5 Å². The molecular formula is C18H13NO3S. The average molecular weight is 323 g/mol. The summed E-state index contributed by atoms with van der Waals surface area (Å²) in [4.78, 5) is 38.7. The van der Waals surface area contributed by atoms with Crippen molar-refractivity contribution in [2.24, 2.45) is 0 Å². The molecule has 1 aromatic heterocycles. The van der Waals surface area contributed by atoms with E-state index < -0.39 is 0 Å². The van der Waals surface area contributed by atoms with Crippen molar-refractivity contribution in [1.29, 1.82) is 0 Å². The van der Waals surface area contributed by atoms with Gasteiger partial charge >= 0.3 is 0 Å². The maximum atomic E-state index is 12.9. The van der Waals surface area contributed by atoms with Crippen molar-refractivity contribution in [3.63, 3.8) is 0 Å². The molecule has 0 aliphatic carbocycles. The number of carbonyl (C=O) groups is 2. The van der Waals surface area contributed by atoms with Gasteiger partial charge in [0.2, 0.25) is 0 Å². The molecule has 3 aromatic rings. The maximum Gasteiger partial charge on any atom is 0.262 e. The van der Waals surface area contributed by atoms with Crippen LogP contribution in [0.15, 0.2) is 29.1 Å². The molecule has 0 fully saturated rings. The Balaban J connectivity index is 2.28. The highest BCUT2D eigenvalue weighted by molar-refractivity contribution is 7.25. The molecule has 5 heteroatoms. The number of aryl methyl sites for hydroxylation is 2. The fourth-order valence-corrected chi connectivity index (χ4v) is 4.42. The molecule has 0 N–H and O–H groups in total. The molecular weight excluding hydrogens is 310 g/mol. The van der Waals surface area contributed by atoms with Crippen LogP contribution in [0, 0.1) is 13.8 Å². The second-order valence-electron chi connectivity index (χ2n) is 5.92. The van der Waals surface area contributed by atoms with E-state index in [9.17, 15) is 14.4 Å². The van der Waals surface area contributed by atoms with Crippen LogP contribution >= 0.6 is 11.3 Å². The summed E-state index contributed by atoms with van der Waals surface area (Å²) in [5, 5.41) is 1.21. The van der Waals surface area contributed by atoms with Crippen LogP contribution in [0.5, 0.6) is 0 Å². The van der Waals surface area contributed by atoms with Gasteiger partial charge in [0.1, 0.15) is 0 Å². The average Bonchev–Trinajstić information content (AvgIpc) is 2.73. The molecule has 1 aliphatic rings. The Labute approximate surface area is 136 Å². The number of rotatable bonds is 0. The molecule has 0 bridgehead atoms. The summed E-state index contributed by atoms with van der Waals surface area (Å²) >= 11 is 1.40. The van der Waals surface area contributed by atoms with E-state index in [4.69, 9.17) is 0 Å². The number of hydrogen-bond acceptors (Lipinski definition) is 4. The summed E-state index contributed by atoms with van der Waals surface area (Å²) in [6.07, 6.45) is 0. The van der Waals surface area contributed by atoms with Crippen molar-refractivity contribution in [2.75, 3.05) is 7.05 Å². The van der Waals surface area contributed by atoms with Crippen LogP contribution in [0.4, 0.5) is 0 Å². The monoisotopic (exact) mass is 323 g/mol. The predicted molar refractivity (Wildman–Crippen MR) is 91.5 cm³/mol. The molecule has 0 spiro atoms. The number of benzene rings is 2. The minimum atomic E-state index is -0.336. The third kappa shape index (κ3) is 1.74. The second kappa shape index (κ2) is 4.49. The lowest BCUT2D eigenvalue weighted by Crippen LogP contribution is -2.24. The summed E-state index contributed by atoms with van der Waals surface area (Å²) in [6, 6.07) is 7.38. The van der Waals surface area contributed by atoms with Crippen molar-refractivity contribution in [3.05, 3.63) is 56.7 Å². The van der Waals surface area contributed by atoms with Gasteiger partial charge in [-0.1, -0.05) is 11.6 Å². The van der Waals surface area contributed by atoms with Crippen molar-refractivity contribution >= 4 is 43.3 Å². The van der Waals surface area contributed by atoms with E-state index in [2.05, 4.69) is 0 Å². The van der Waals surface area contributed by atoms with Crippen molar-refractivity contribution in [3.8, 4) is 0 Å². The number of amides is 2. The van der Waals surface area contributed by atoms with Crippen LogP contribution in [-0.4, -0.2) is 23.8 Å². The Morgan fingerprint density at radius 1 is 1.00 bits per heavy atom. The van der Waals surface area contributed by atoms with Crippen LogP contribution in [0.2, 0.25) is 0 Å². The summed E-state index contributed by atoms with van der Waals surface area (Å²) in [5.41, 5.74) is 2.44. The van der Waals surface area contributed by atoms with E-state index in [0.717, 1.165) is 20.7 Å². The maximum absolute atomic E-state index is 12.9. The van der Waals surface area contributed by atoms with Crippen molar-refractivity contribution in [1.82, 2.24) is 4.90 Å². The summed E-state index contributed by atoms with van der Waals surface area (Å²) in [6.45, 7) is 3.76. The predicted octanol–water partition coefficient (Wildman–Crippen LogP) is 3.26. The third-order valence-electron chi connectivity index (χ3n) is 4.35. The van der Waals surface area contributed by atoms with Gasteiger partial charge in [0.25, 0.3) is 11.8 Å². The number of hydrogen-bond donors (Lipinski definition) is 0. The number of carbonyl (C=O) groups excluding carboxylic acids is 2. The Morgan fingerprint density at radius 2 is 1.74 bits per heavy atom. The van der Waals surface area contributed by atoms with Crippen LogP contribution in [0.1, 0.15) is 31.8 Å². The quantitative estimate of drug-likeness (QED) is 0.471. The molecule has 23 heavy (non-hydrogen) atoms. The molecule has 2 amide bonds. The minimum Gasteiger partial charge on any atom is -0.288 e. The van der Waals surface area contributed by atoms with Crippen LogP contribution in [-0.2, 0) is 0 Å². The molecule has 0 atom stereocenters. The Hall–Kier alpha value is -2.53. The molecule has 4 rings (SSSR count). The molecule has 0 unspecified atom stereocenters. The normalized spacial score (nSPS) is 14.1. The molecule has 2 aromatic carbocycles. The minimum absolute atomic E-state index is 0.0763. The Morgan fingerprint density at radius 3 is 2.48 bits per heavy atom. The van der Waals surface area contributed by atoms with Gasteiger partial charge in [-0.05, 0) is 37.6 Å². The number of nitrogens with zero attached hydrogens (tertiary/aromatic N) is 1. The molecule has 1 aliphatic heterocycles. The zero-order valence-corrected chi connectivity index (χ0v) is 13.7. The zero-order valence-electron chi connectivity index (χ0n) is 12.9. The summed E-state index contributed by atoms with van der Waals surface area (Å²) in [7, 11) is 1.47. The first kappa shape index (κ1) is 14.1. The highest BCUT2D eigenvalue weighted by Crippen LogP contribution is 2.35. The zero-order chi connectivity index (χ0) is 16.5. The van der Waals surface area contributed by atoms with Gasteiger partial charge in [-0.2, -0.15) is 0 Å². The molecule has 0 radical (unpaired) electrons. The van der Waals surface area contributed by atoms with Crippen LogP contribution in [0.3, 0.4) is 0 Å². The van der Waals surface area contributed by atoms with E-state index in [0.29, 0.717) is 26.6 Å². The lowest BCUT2D eigenvalue weighted by atomic mass is 10.0. The topological polar surface area (TPSA) is 54.5 Å². The van der Waals surface area contributed by atoms with Gasteiger partial charge in [-0.3, -0.25) is 19.3 Å². The van der Waals surface area contributed by atoms with Gasteiger partial charge < -0.3 is 0 Å². The smallest absolute Gasteiger partial charge is 0.262 e. The van der Waals surface area contributed by atoms with E-state index in [1.807, 2.05) is 32.0 Å². The third-order valence-corrected chi connectivity index (χ3v) is 5.54. The molecule has 114 valence electrons. The highest BCUT2D eigenvalue weighted by atomic mass is 32.1. The van der Waals surface area contributed by atoms with E-state index in [-0.39, 0.29) is 17.2 Å². The SMILES string of the molecule is Cc1ccc2sc3c4c(cc(C)c3c(=O)c2c1)C(=O)N(C)C4=O. The Bertz CT molecular complexity index is 1110. The van der Waals surface area contributed by atoms with E-state index in [1.165, 1.54) is 18.4 Å². The first-order chi connectivity index (χ1) is 10.9. The fourth-order valence-electron chi connectivity index (χ4n) is 3.15.